The van der Waals surface area contributed by atoms with Crippen molar-refractivity contribution in [3.8, 4) is 0 Å². The summed E-state index contributed by atoms with van der Waals surface area (Å²) in [5, 5.41) is 15.9. The summed E-state index contributed by atoms with van der Waals surface area (Å²) in [6, 6.07) is 0. The molecule has 1 saturated carbocycles. The Kier molecular flexibility index (Phi) is 12.1. The minimum absolute atomic E-state index is 0. The molecule has 0 spiro atoms. The maximum atomic E-state index is 9.22. The fourth-order valence-electron chi connectivity index (χ4n) is 3.83. The highest BCUT2D eigenvalue weighted by Gasteiger charge is 2.34. The fourth-order valence-corrected chi connectivity index (χ4v) is 3.83. The van der Waals surface area contributed by atoms with Crippen LogP contribution in [0.25, 0.3) is 0 Å². The molecule has 3 N–H and O–H groups in total. The summed E-state index contributed by atoms with van der Waals surface area (Å²) in [7, 11) is 0. The van der Waals surface area contributed by atoms with E-state index in [0.717, 1.165) is 58.4 Å². The van der Waals surface area contributed by atoms with Crippen LogP contribution in [-0.2, 0) is 4.74 Å². The van der Waals surface area contributed by atoms with Gasteiger partial charge in [0.25, 0.3) is 0 Å². The second-order valence-corrected chi connectivity index (χ2v) is 7.81. The van der Waals surface area contributed by atoms with E-state index in [-0.39, 0.29) is 36.5 Å². The van der Waals surface area contributed by atoms with E-state index in [1.807, 2.05) is 6.92 Å². The molecule has 0 radical (unpaired) electrons. The lowest BCUT2D eigenvalue weighted by atomic mass is 9.73. The third-order valence-electron chi connectivity index (χ3n) is 5.42. The predicted molar refractivity (Wildman–Crippen MR) is 118 cm³/mol. The molecule has 0 aromatic carbocycles. The first kappa shape index (κ1) is 23.9. The van der Waals surface area contributed by atoms with Crippen molar-refractivity contribution < 1.29 is 9.84 Å². The standard InChI is InChI=1S/C19H38N4O2.HI/c1-3-20-18(21-13-17(2)14-24)22-15-19(7-5-4-6-8-19)16-23-9-11-25-12-10-23;/h17,24H,3-16H2,1-2H3,(H2,20,21,22);1H. The van der Waals surface area contributed by atoms with Gasteiger partial charge < -0.3 is 20.5 Å². The van der Waals surface area contributed by atoms with Gasteiger partial charge in [0.15, 0.2) is 5.96 Å². The van der Waals surface area contributed by atoms with Gasteiger partial charge in [-0.05, 0) is 25.7 Å². The number of hydrogen-bond donors (Lipinski definition) is 3. The van der Waals surface area contributed by atoms with E-state index in [4.69, 9.17) is 9.73 Å². The Hall–Kier alpha value is -0.120. The highest BCUT2D eigenvalue weighted by Crippen LogP contribution is 2.37. The second kappa shape index (κ2) is 13.1. The number of guanidine groups is 1. The molecule has 2 rings (SSSR count). The number of aliphatic hydroxyl groups is 1. The van der Waals surface area contributed by atoms with Crippen LogP contribution in [0.4, 0.5) is 0 Å². The van der Waals surface area contributed by atoms with Gasteiger partial charge in [-0.1, -0.05) is 26.2 Å². The SMILES string of the molecule is CCNC(=NCC1(CN2CCOCC2)CCCCC1)NCC(C)CO.I. The van der Waals surface area contributed by atoms with Gasteiger partial charge in [-0.3, -0.25) is 9.89 Å². The van der Waals surface area contributed by atoms with Gasteiger partial charge in [-0.2, -0.15) is 0 Å². The molecule has 1 aliphatic heterocycles. The summed E-state index contributed by atoms with van der Waals surface area (Å²) >= 11 is 0. The quantitative estimate of drug-likeness (QED) is 0.281. The van der Waals surface area contributed by atoms with Gasteiger partial charge in [0, 0.05) is 51.3 Å². The lowest BCUT2D eigenvalue weighted by Crippen LogP contribution is -2.47. The Labute approximate surface area is 176 Å². The molecule has 2 fully saturated rings. The van der Waals surface area contributed by atoms with Crippen molar-refractivity contribution in [2.24, 2.45) is 16.3 Å². The van der Waals surface area contributed by atoms with Gasteiger partial charge in [-0.15, -0.1) is 24.0 Å². The van der Waals surface area contributed by atoms with Gasteiger partial charge in [-0.25, -0.2) is 0 Å². The van der Waals surface area contributed by atoms with Crippen LogP contribution >= 0.6 is 24.0 Å². The zero-order valence-corrected chi connectivity index (χ0v) is 19.0. The van der Waals surface area contributed by atoms with Crippen LogP contribution in [0.2, 0.25) is 0 Å². The number of aliphatic imine (C=N–C) groups is 1. The molecule has 1 saturated heterocycles. The van der Waals surface area contributed by atoms with Crippen molar-refractivity contribution in [3.63, 3.8) is 0 Å². The average molecular weight is 482 g/mol. The van der Waals surface area contributed by atoms with E-state index in [1.165, 1.54) is 32.1 Å². The monoisotopic (exact) mass is 482 g/mol. The number of nitrogens with zero attached hydrogens (tertiary/aromatic N) is 2. The second-order valence-electron chi connectivity index (χ2n) is 7.81. The van der Waals surface area contributed by atoms with Crippen LogP contribution in [0.15, 0.2) is 4.99 Å². The number of morpholine rings is 1. The van der Waals surface area contributed by atoms with Crippen LogP contribution in [0.1, 0.15) is 46.0 Å². The van der Waals surface area contributed by atoms with E-state index < -0.39 is 0 Å². The minimum Gasteiger partial charge on any atom is -0.396 e. The Morgan fingerprint density at radius 1 is 1.19 bits per heavy atom. The molecule has 0 amide bonds. The molecule has 1 heterocycles. The van der Waals surface area contributed by atoms with Gasteiger partial charge in [0.2, 0.25) is 0 Å². The summed E-state index contributed by atoms with van der Waals surface area (Å²) in [5.41, 5.74) is 0.306. The Bertz CT molecular complexity index is 397. The summed E-state index contributed by atoms with van der Waals surface area (Å²) < 4.78 is 5.51. The Morgan fingerprint density at radius 2 is 1.88 bits per heavy atom. The molecule has 2 aliphatic rings. The first-order valence-corrected chi connectivity index (χ1v) is 10.1. The lowest BCUT2D eigenvalue weighted by molar-refractivity contribution is 0.00937. The van der Waals surface area contributed by atoms with Crippen molar-refractivity contribution in [1.82, 2.24) is 15.5 Å². The summed E-state index contributed by atoms with van der Waals surface area (Å²) in [4.78, 5) is 7.50. The zero-order valence-electron chi connectivity index (χ0n) is 16.6. The van der Waals surface area contributed by atoms with E-state index in [1.54, 1.807) is 0 Å². The summed E-state index contributed by atoms with van der Waals surface area (Å²) in [6.45, 7) is 11.8. The van der Waals surface area contributed by atoms with E-state index >= 15 is 0 Å². The zero-order chi connectivity index (χ0) is 18.0. The Balaban J connectivity index is 0.00000338. The molecular weight excluding hydrogens is 443 g/mol. The Morgan fingerprint density at radius 3 is 2.50 bits per heavy atom. The maximum absolute atomic E-state index is 9.22. The average Bonchev–Trinajstić information content (AvgIpc) is 2.65. The third kappa shape index (κ3) is 8.27. The van der Waals surface area contributed by atoms with Crippen molar-refractivity contribution >= 4 is 29.9 Å². The van der Waals surface area contributed by atoms with Crippen molar-refractivity contribution in [1.29, 1.82) is 0 Å². The van der Waals surface area contributed by atoms with E-state index in [9.17, 15) is 5.11 Å². The number of aliphatic hydroxyl groups excluding tert-OH is 1. The number of rotatable bonds is 8. The van der Waals surface area contributed by atoms with Crippen LogP contribution < -0.4 is 10.6 Å². The van der Waals surface area contributed by atoms with Gasteiger partial charge >= 0.3 is 0 Å². The lowest BCUT2D eigenvalue weighted by Gasteiger charge is -2.41. The molecule has 1 aliphatic carbocycles. The molecule has 7 heteroatoms. The summed E-state index contributed by atoms with van der Waals surface area (Å²) in [5.74, 6) is 1.12. The van der Waals surface area contributed by atoms with Crippen molar-refractivity contribution in [2.45, 2.75) is 46.0 Å². The smallest absolute Gasteiger partial charge is 0.191 e. The number of ether oxygens (including phenoxy) is 1. The molecule has 6 nitrogen and oxygen atoms in total. The molecule has 0 bridgehead atoms. The van der Waals surface area contributed by atoms with Crippen molar-refractivity contribution in [3.05, 3.63) is 0 Å². The largest absolute Gasteiger partial charge is 0.396 e. The molecule has 1 atom stereocenters. The van der Waals surface area contributed by atoms with Crippen LogP contribution in [-0.4, -0.2) is 75.1 Å². The topological polar surface area (TPSA) is 69.1 Å². The highest BCUT2D eigenvalue weighted by atomic mass is 127. The molecule has 0 aromatic heterocycles. The van der Waals surface area contributed by atoms with Crippen LogP contribution in [0.5, 0.6) is 0 Å². The third-order valence-corrected chi connectivity index (χ3v) is 5.42. The van der Waals surface area contributed by atoms with E-state index in [2.05, 4.69) is 22.5 Å². The van der Waals surface area contributed by atoms with Crippen LogP contribution in [0.3, 0.4) is 0 Å². The fraction of sp³-hybridized carbons (Fsp3) is 0.947. The number of nitrogens with one attached hydrogen (secondary N) is 2. The predicted octanol–water partition coefficient (Wildman–Crippen LogP) is 2.07. The summed E-state index contributed by atoms with van der Waals surface area (Å²) in [6.07, 6.45) is 6.57. The molecule has 0 aromatic rings. The molecule has 154 valence electrons. The maximum Gasteiger partial charge on any atom is 0.191 e. The number of halogens is 1. The molecule has 1 unspecified atom stereocenters. The van der Waals surface area contributed by atoms with E-state index in [0.29, 0.717) is 5.41 Å². The van der Waals surface area contributed by atoms with Crippen molar-refractivity contribution in [2.75, 3.05) is 59.1 Å². The first-order valence-electron chi connectivity index (χ1n) is 10.1. The molecular formula is C19H39IN4O2. The van der Waals surface area contributed by atoms with Gasteiger partial charge in [0.05, 0.1) is 13.2 Å². The van der Waals surface area contributed by atoms with Crippen LogP contribution in [0, 0.1) is 11.3 Å². The molecule has 26 heavy (non-hydrogen) atoms. The normalized spacial score (nSPS) is 22.3. The highest BCUT2D eigenvalue weighted by molar-refractivity contribution is 14.0. The first-order chi connectivity index (χ1) is 12.2. The minimum atomic E-state index is 0. The van der Waals surface area contributed by atoms with Gasteiger partial charge in [0.1, 0.15) is 0 Å². The number of hydrogen-bond acceptors (Lipinski definition) is 4.